The second-order valence-electron chi connectivity index (χ2n) is 6.48. The van der Waals surface area contributed by atoms with E-state index in [1.165, 1.54) is 29.8 Å². The molecule has 2 aromatic rings. The van der Waals surface area contributed by atoms with Crippen molar-refractivity contribution in [2.45, 2.75) is 26.2 Å². The van der Waals surface area contributed by atoms with E-state index in [2.05, 4.69) is 26.1 Å². The molecule has 0 radical (unpaired) electrons. The van der Waals surface area contributed by atoms with E-state index in [0.29, 0.717) is 11.4 Å². The zero-order valence-corrected chi connectivity index (χ0v) is 14.0. The summed E-state index contributed by atoms with van der Waals surface area (Å²) in [6, 6.07) is 13.4. The van der Waals surface area contributed by atoms with Crippen LogP contribution in [-0.4, -0.2) is 18.5 Å². The predicted molar refractivity (Wildman–Crippen MR) is 90.0 cm³/mol. The number of ether oxygens (including phenoxy) is 1. The summed E-state index contributed by atoms with van der Waals surface area (Å²) in [5.41, 5.74) is 1.81. The van der Waals surface area contributed by atoms with Crippen LogP contribution in [0.2, 0.25) is 0 Å². The predicted octanol–water partition coefficient (Wildman–Crippen LogP) is 2.37. The van der Waals surface area contributed by atoms with Crippen molar-refractivity contribution < 1.29 is 19.4 Å². The lowest BCUT2D eigenvalue weighted by Crippen LogP contribution is -2.22. The van der Waals surface area contributed by atoms with Gasteiger partial charge in [-0.25, -0.2) is 0 Å². The molecule has 0 unspecified atom stereocenters. The summed E-state index contributed by atoms with van der Waals surface area (Å²) >= 11 is 0. The van der Waals surface area contributed by atoms with Crippen LogP contribution in [0.1, 0.15) is 36.7 Å². The van der Waals surface area contributed by atoms with Crippen molar-refractivity contribution in [2.24, 2.45) is 0 Å². The van der Waals surface area contributed by atoms with E-state index in [4.69, 9.17) is 4.74 Å². The number of carbonyl (C=O) groups is 2. The number of carboxylic acids is 1. The fourth-order valence-electron chi connectivity index (χ4n) is 2.09. The maximum absolute atomic E-state index is 11.9. The highest BCUT2D eigenvalue weighted by Crippen LogP contribution is 2.24. The smallest absolute Gasteiger partial charge is 0.262 e. The Hall–Kier alpha value is -2.82. The molecule has 2 rings (SSSR count). The average Bonchev–Trinajstić information content (AvgIpc) is 2.53. The number of hydrogen-bond acceptors (Lipinski definition) is 4. The quantitative estimate of drug-likeness (QED) is 0.915. The SMILES string of the molecule is CC(C)(C)c1ccc(OCC(=O)Nc2ccc(C(=O)[O-])cc2)cc1. The van der Waals surface area contributed by atoms with Gasteiger partial charge in [-0.1, -0.05) is 45.0 Å². The third kappa shape index (κ3) is 4.84. The number of rotatable bonds is 5. The lowest BCUT2D eigenvalue weighted by Gasteiger charge is -2.19. The molecule has 0 aromatic heterocycles. The van der Waals surface area contributed by atoms with Crippen LogP contribution < -0.4 is 15.2 Å². The molecule has 2 aromatic carbocycles. The second kappa shape index (κ2) is 7.17. The van der Waals surface area contributed by atoms with Gasteiger partial charge in [-0.2, -0.15) is 0 Å². The molecular weight excluding hydrogens is 306 g/mol. The molecule has 24 heavy (non-hydrogen) atoms. The first-order valence-electron chi connectivity index (χ1n) is 7.60. The Kier molecular flexibility index (Phi) is 5.24. The van der Waals surface area contributed by atoms with Gasteiger partial charge < -0.3 is 20.0 Å². The summed E-state index contributed by atoms with van der Waals surface area (Å²) in [7, 11) is 0. The van der Waals surface area contributed by atoms with Gasteiger partial charge in [0.05, 0.1) is 5.97 Å². The number of nitrogens with one attached hydrogen (secondary N) is 1. The van der Waals surface area contributed by atoms with Crippen molar-refractivity contribution in [1.82, 2.24) is 0 Å². The van der Waals surface area contributed by atoms with Gasteiger partial charge in [0.2, 0.25) is 0 Å². The lowest BCUT2D eigenvalue weighted by molar-refractivity contribution is -0.255. The van der Waals surface area contributed by atoms with Gasteiger partial charge in [0.25, 0.3) is 5.91 Å². The Morgan fingerprint density at radius 3 is 2.08 bits per heavy atom. The molecule has 1 N–H and O–H groups in total. The third-order valence-electron chi connectivity index (χ3n) is 3.49. The maximum atomic E-state index is 11.9. The molecule has 0 saturated carbocycles. The van der Waals surface area contributed by atoms with Crippen LogP contribution in [-0.2, 0) is 10.2 Å². The van der Waals surface area contributed by atoms with Crippen LogP contribution in [0.4, 0.5) is 5.69 Å². The number of aromatic carboxylic acids is 1. The topological polar surface area (TPSA) is 78.5 Å². The van der Waals surface area contributed by atoms with Gasteiger partial charge >= 0.3 is 0 Å². The lowest BCUT2D eigenvalue weighted by atomic mass is 9.87. The minimum atomic E-state index is -1.25. The van der Waals surface area contributed by atoms with Crippen molar-refractivity contribution in [2.75, 3.05) is 11.9 Å². The van der Waals surface area contributed by atoms with Crippen molar-refractivity contribution >= 4 is 17.6 Å². The van der Waals surface area contributed by atoms with Crippen molar-refractivity contribution in [3.8, 4) is 5.75 Å². The van der Waals surface area contributed by atoms with Gasteiger partial charge in [0.15, 0.2) is 6.61 Å². The second-order valence-corrected chi connectivity index (χ2v) is 6.48. The monoisotopic (exact) mass is 326 g/mol. The Balaban J connectivity index is 1.87. The van der Waals surface area contributed by atoms with E-state index in [0.717, 1.165) is 0 Å². The summed E-state index contributed by atoms with van der Waals surface area (Å²) in [6.45, 7) is 6.25. The van der Waals surface area contributed by atoms with E-state index in [1.54, 1.807) is 0 Å². The standard InChI is InChI=1S/C19H21NO4/c1-19(2,3)14-6-10-16(11-7-14)24-12-17(21)20-15-8-4-13(5-9-15)18(22)23/h4-11H,12H2,1-3H3,(H,20,21)(H,22,23)/p-1. The molecule has 126 valence electrons. The maximum Gasteiger partial charge on any atom is 0.262 e. The first-order chi connectivity index (χ1) is 11.3. The molecule has 0 aliphatic rings. The number of benzene rings is 2. The van der Waals surface area contributed by atoms with Gasteiger partial charge in [0, 0.05) is 5.69 Å². The Bertz CT molecular complexity index is 713. The van der Waals surface area contributed by atoms with Crippen LogP contribution in [0, 0.1) is 0 Å². The first kappa shape index (κ1) is 17.5. The van der Waals surface area contributed by atoms with E-state index in [1.807, 2.05) is 24.3 Å². The molecule has 0 aliphatic heterocycles. The van der Waals surface area contributed by atoms with Crippen molar-refractivity contribution in [3.63, 3.8) is 0 Å². The highest BCUT2D eigenvalue weighted by molar-refractivity contribution is 5.93. The molecule has 0 aliphatic carbocycles. The zero-order valence-electron chi connectivity index (χ0n) is 14.0. The summed E-state index contributed by atoms with van der Waals surface area (Å²) < 4.78 is 5.45. The molecule has 0 saturated heterocycles. The number of carbonyl (C=O) groups excluding carboxylic acids is 2. The van der Waals surface area contributed by atoms with Crippen LogP contribution in [0.3, 0.4) is 0 Å². The van der Waals surface area contributed by atoms with Crippen molar-refractivity contribution in [3.05, 3.63) is 59.7 Å². The minimum Gasteiger partial charge on any atom is -0.545 e. The highest BCUT2D eigenvalue weighted by Gasteiger charge is 2.13. The molecule has 5 nitrogen and oxygen atoms in total. The van der Waals surface area contributed by atoms with Crippen molar-refractivity contribution in [1.29, 1.82) is 0 Å². The van der Waals surface area contributed by atoms with Gasteiger partial charge in [-0.15, -0.1) is 0 Å². The molecule has 0 fully saturated rings. The normalized spacial score (nSPS) is 11.0. The fourth-order valence-corrected chi connectivity index (χ4v) is 2.09. The van der Waals surface area contributed by atoms with Gasteiger partial charge in [0.1, 0.15) is 5.75 Å². The van der Waals surface area contributed by atoms with E-state index >= 15 is 0 Å². The zero-order chi connectivity index (χ0) is 17.7. The van der Waals surface area contributed by atoms with E-state index in [-0.39, 0.29) is 23.5 Å². The van der Waals surface area contributed by atoms with Crippen LogP contribution in [0.15, 0.2) is 48.5 Å². The summed E-state index contributed by atoms with van der Waals surface area (Å²) in [5.74, 6) is -0.962. The number of anilines is 1. The Labute approximate surface area is 141 Å². The molecule has 0 atom stereocenters. The largest absolute Gasteiger partial charge is 0.545 e. The Morgan fingerprint density at radius 1 is 1.00 bits per heavy atom. The van der Waals surface area contributed by atoms with Crippen LogP contribution in [0.5, 0.6) is 5.75 Å². The molecular formula is C19H20NO4-. The average molecular weight is 326 g/mol. The Morgan fingerprint density at radius 2 is 1.58 bits per heavy atom. The summed E-state index contributed by atoms with van der Waals surface area (Å²) in [5, 5.41) is 13.3. The summed E-state index contributed by atoms with van der Waals surface area (Å²) in [6.07, 6.45) is 0. The third-order valence-corrected chi connectivity index (χ3v) is 3.49. The number of carboxylic acid groups (broad SMARTS) is 1. The van der Waals surface area contributed by atoms with Crippen LogP contribution >= 0.6 is 0 Å². The van der Waals surface area contributed by atoms with Gasteiger partial charge in [-0.05, 0) is 40.8 Å². The minimum absolute atomic E-state index is 0.0585. The highest BCUT2D eigenvalue weighted by atomic mass is 16.5. The van der Waals surface area contributed by atoms with Gasteiger partial charge in [-0.3, -0.25) is 4.79 Å². The fraction of sp³-hybridized carbons (Fsp3) is 0.263. The number of amides is 1. The molecule has 0 spiro atoms. The van der Waals surface area contributed by atoms with E-state index in [9.17, 15) is 14.7 Å². The first-order valence-corrected chi connectivity index (χ1v) is 7.60. The molecule has 1 amide bonds. The van der Waals surface area contributed by atoms with Crippen LogP contribution in [0.25, 0.3) is 0 Å². The van der Waals surface area contributed by atoms with E-state index < -0.39 is 5.97 Å². The molecule has 5 heteroatoms. The summed E-state index contributed by atoms with van der Waals surface area (Å²) in [4.78, 5) is 22.5. The molecule has 0 bridgehead atoms. The molecule has 0 heterocycles. The number of hydrogen-bond donors (Lipinski definition) is 1.